The molecule has 0 bridgehead atoms. The number of thioether (sulfide) groups is 1. The van der Waals surface area contributed by atoms with Gasteiger partial charge in [0.2, 0.25) is 0 Å². The first kappa shape index (κ1) is 33.9. The monoisotopic (exact) mass is 648 g/mol. The smallest absolute Gasteiger partial charge is 0.118 e. The topological polar surface area (TPSA) is 0 Å². The van der Waals surface area contributed by atoms with Gasteiger partial charge in [0.15, 0.2) is 0 Å². The van der Waals surface area contributed by atoms with E-state index in [0.717, 1.165) is 87.5 Å². The summed E-state index contributed by atoms with van der Waals surface area (Å²) in [4.78, 5) is 0. The van der Waals surface area contributed by atoms with Crippen molar-refractivity contribution in [3.8, 4) is 0 Å². The zero-order chi connectivity index (χ0) is 29.8. The third kappa shape index (κ3) is 9.15. The Morgan fingerprint density at radius 1 is 0.279 bits per heavy atom. The minimum absolute atomic E-state index is 0.736. The molecule has 0 aromatic carbocycles. The fourth-order valence-corrected chi connectivity index (χ4v) is 20.6. The van der Waals surface area contributed by atoms with Crippen molar-refractivity contribution in [1.29, 1.82) is 0 Å². The molecule has 43 heavy (non-hydrogen) atoms. The maximum absolute atomic E-state index is 2.53. The van der Waals surface area contributed by atoms with Gasteiger partial charge in [0, 0.05) is 10.5 Å². The molecule has 6 saturated carbocycles. The summed E-state index contributed by atoms with van der Waals surface area (Å²) in [5, 5.41) is 8.61. The molecule has 6 aliphatic rings. The molecule has 6 rings (SSSR count). The van der Waals surface area contributed by atoms with Crippen LogP contribution in [0, 0.1) is 23.7 Å². The van der Waals surface area contributed by atoms with E-state index in [-0.39, 0.29) is 0 Å². The van der Waals surface area contributed by atoms with Gasteiger partial charge in [0.1, 0.15) is 31.5 Å². The van der Waals surface area contributed by atoms with Crippen LogP contribution in [0.4, 0.5) is 0 Å². The molecule has 3 heteroatoms. The van der Waals surface area contributed by atoms with Gasteiger partial charge in [-0.2, -0.15) is 11.8 Å². The van der Waals surface area contributed by atoms with Crippen LogP contribution in [0.25, 0.3) is 0 Å². The molecular formula is C40H72S3+2. The van der Waals surface area contributed by atoms with E-state index in [1.807, 2.05) is 0 Å². The van der Waals surface area contributed by atoms with E-state index >= 15 is 0 Å². The molecule has 0 heterocycles. The summed E-state index contributed by atoms with van der Waals surface area (Å²) in [6.07, 6.45) is 37.5. The van der Waals surface area contributed by atoms with Crippen LogP contribution in [0.1, 0.15) is 182 Å². The van der Waals surface area contributed by atoms with E-state index in [9.17, 15) is 0 Å². The summed E-state index contributed by atoms with van der Waals surface area (Å²) < 4.78 is 0. The van der Waals surface area contributed by atoms with Crippen molar-refractivity contribution in [2.45, 2.75) is 224 Å². The summed E-state index contributed by atoms with van der Waals surface area (Å²) >= 11 is 2.52. The highest BCUT2D eigenvalue weighted by Gasteiger charge is 2.49. The van der Waals surface area contributed by atoms with Gasteiger partial charge in [-0.15, -0.1) is 0 Å². The van der Waals surface area contributed by atoms with E-state index in [1.54, 1.807) is 103 Å². The maximum atomic E-state index is 2.53. The predicted octanol–water partition coefficient (Wildman–Crippen LogP) is 11.9. The van der Waals surface area contributed by atoms with E-state index in [4.69, 9.17) is 0 Å². The number of hydrogen-bond donors (Lipinski definition) is 0. The average molecular weight is 649 g/mol. The fraction of sp³-hybridized carbons (Fsp3) is 1.00. The normalized spacial score (nSPS) is 46.6. The van der Waals surface area contributed by atoms with Crippen molar-refractivity contribution in [1.82, 2.24) is 0 Å². The molecule has 248 valence electrons. The minimum Gasteiger partial charge on any atom is -0.155 e. The minimum atomic E-state index is 0.736. The Bertz CT molecular complexity index is 671. The van der Waals surface area contributed by atoms with Crippen LogP contribution in [0.3, 0.4) is 0 Å². The highest BCUT2D eigenvalue weighted by atomic mass is 32.2. The molecule has 0 unspecified atom stereocenters. The summed E-state index contributed by atoms with van der Waals surface area (Å²) in [7, 11) is 1.47. The van der Waals surface area contributed by atoms with Gasteiger partial charge in [0.05, 0.1) is 0 Å². The summed E-state index contributed by atoms with van der Waals surface area (Å²) in [5.74, 6) is 4.01. The van der Waals surface area contributed by atoms with E-state index in [2.05, 4.69) is 39.5 Å². The molecule has 6 aliphatic carbocycles. The molecule has 6 fully saturated rings. The number of hydrogen-bond acceptors (Lipinski definition) is 1. The predicted molar refractivity (Wildman–Crippen MR) is 200 cm³/mol. The van der Waals surface area contributed by atoms with Crippen LogP contribution in [-0.2, 0) is 21.8 Å². The van der Waals surface area contributed by atoms with Crippen molar-refractivity contribution < 1.29 is 0 Å². The number of rotatable bonds is 8. The van der Waals surface area contributed by atoms with Gasteiger partial charge in [0.25, 0.3) is 0 Å². The summed E-state index contributed by atoms with van der Waals surface area (Å²) in [6, 6.07) is 0. The van der Waals surface area contributed by atoms with Crippen LogP contribution in [-0.4, -0.2) is 42.0 Å². The second kappa shape index (κ2) is 16.4. The lowest BCUT2D eigenvalue weighted by Gasteiger charge is -2.40. The van der Waals surface area contributed by atoms with Gasteiger partial charge in [-0.25, -0.2) is 0 Å². The first-order valence-corrected chi connectivity index (χ1v) is 23.8. The molecule has 0 N–H and O–H groups in total. The molecule has 0 amide bonds. The first-order chi connectivity index (χ1) is 20.9. The van der Waals surface area contributed by atoms with Crippen LogP contribution in [0.2, 0.25) is 0 Å². The van der Waals surface area contributed by atoms with Gasteiger partial charge in [-0.1, -0.05) is 27.7 Å². The van der Waals surface area contributed by atoms with E-state index in [1.165, 1.54) is 51.4 Å². The lowest BCUT2D eigenvalue weighted by atomic mass is 9.90. The van der Waals surface area contributed by atoms with Crippen molar-refractivity contribution in [3.05, 3.63) is 0 Å². The third-order valence-corrected chi connectivity index (χ3v) is 22.9. The van der Waals surface area contributed by atoms with Crippen molar-refractivity contribution in [2.75, 3.05) is 0 Å². The van der Waals surface area contributed by atoms with Crippen molar-refractivity contribution >= 4 is 33.6 Å². The first-order valence-electron chi connectivity index (χ1n) is 20.0. The Balaban J connectivity index is 0.993. The average Bonchev–Trinajstić information content (AvgIpc) is 3.03. The highest BCUT2D eigenvalue weighted by Crippen LogP contribution is 2.47. The maximum Gasteiger partial charge on any atom is 0.118 e. The zero-order valence-corrected chi connectivity index (χ0v) is 31.6. The van der Waals surface area contributed by atoms with E-state index in [0.29, 0.717) is 0 Å². The zero-order valence-electron chi connectivity index (χ0n) is 29.1. The second-order valence-electron chi connectivity index (χ2n) is 17.3. The largest absolute Gasteiger partial charge is 0.155 e. The fourth-order valence-electron chi connectivity index (χ4n) is 10.8. The van der Waals surface area contributed by atoms with Crippen LogP contribution in [0.15, 0.2) is 0 Å². The standard InChI is InChI=1S/C40H72S3/c1-29-5-17-35(18-6-29)42(36-19-7-30(2)8-20-36)39-25-13-33(14-26-39)41-34-15-27-40(28-16-34)43(37-21-9-31(3)10-22-37)38-23-11-32(4)12-24-38/h29-40H,5-28H2,1-4H3/q+2. The summed E-state index contributed by atoms with van der Waals surface area (Å²) in [5.41, 5.74) is 0. The Kier molecular flexibility index (Phi) is 13.0. The Labute approximate surface area is 279 Å². The molecular weight excluding hydrogens is 577 g/mol. The molecule has 0 aromatic rings. The van der Waals surface area contributed by atoms with Gasteiger partial charge in [-0.3, -0.25) is 0 Å². The molecule has 0 aliphatic heterocycles. The Morgan fingerprint density at radius 2 is 0.465 bits per heavy atom. The van der Waals surface area contributed by atoms with E-state index < -0.39 is 0 Å². The van der Waals surface area contributed by atoms with Crippen molar-refractivity contribution in [2.24, 2.45) is 23.7 Å². The molecule has 0 radical (unpaired) electrons. The van der Waals surface area contributed by atoms with Crippen LogP contribution in [0.5, 0.6) is 0 Å². The molecule has 0 spiro atoms. The lowest BCUT2D eigenvalue weighted by molar-refractivity contribution is 0.371. The van der Waals surface area contributed by atoms with Gasteiger partial charge >= 0.3 is 0 Å². The van der Waals surface area contributed by atoms with Gasteiger partial charge in [-0.05, 0) is 200 Å². The second-order valence-corrected chi connectivity index (χ2v) is 24.5. The Morgan fingerprint density at radius 3 is 0.674 bits per heavy atom. The molecule has 0 saturated heterocycles. The SMILES string of the molecule is CC1CCC([S+](C2CCC(C)CC2)C2CCC(SC3CCC([S+](C4CCC(C)CC4)C4CCC(C)CC4)CC3)CC2)CC1. The molecule has 0 atom stereocenters. The van der Waals surface area contributed by atoms with Gasteiger partial charge < -0.3 is 0 Å². The van der Waals surface area contributed by atoms with Crippen molar-refractivity contribution in [3.63, 3.8) is 0 Å². The Hall–Kier alpha value is 1.05. The quantitative estimate of drug-likeness (QED) is 0.236. The lowest BCUT2D eigenvalue weighted by Crippen LogP contribution is -2.46. The molecule has 0 nitrogen and oxygen atoms in total. The highest BCUT2D eigenvalue weighted by molar-refractivity contribution is 8.00. The van der Waals surface area contributed by atoms with Crippen LogP contribution < -0.4 is 0 Å². The third-order valence-electron chi connectivity index (χ3n) is 13.8. The van der Waals surface area contributed by atoms with Crippen LogP contribution >= 0.6 is 11.8 Å². The molecule has 0 aromatic heterocycles. The summed E-state index contributed by atoms with van der Waals surface area (Å²) in [6.45, 7) is 10.1.